The van der Waals surface area contributed by atoms with Crippen LogP contribution in [-0.4, -0.2) is 26.3 Å². The van der Waals surface area contributed by atoms with Crippen LogP contribution in [0.15, 0.2) is 16.6 Å². The third-order valence-electron chi connectivity index (χ3n) is 3.40. The van der Waals surface area contributed by atoms with E-state index in [9.17, 15) is 0 Å². The Bertz CT molecular complexity index is 414. The van der Waals surface area contributed by atoms with Crippen LogP contribution in [0.25, 0.3) is 0 Å². The molecule has 1 aromatic carbocycles. The van der Waals surface area contributed by atoms with Gasteiger partial charge in [0.25, 0.3) is 0 Å². The highest BCUT2D eigenvalue weighted by molar-refractivity contribution is 9.10. The number of anilines is 1. The first kappa shape index (κ1) is 10.9. The van der Waals surface area contributed by atoms with E-state index >= 15 is 0 Å². The molecule has 86 valence electrons. The van der Waals surface area contributed by atoms with Gasteiger partial charge in [0.15, 0.2) is 0 Å². The van der Waals surface area contributed by atoms with Crippen molar-refractivity contribution in [2.24, 2.45) is 5.41 Å². The van der Waals surface area contributed by atoms with E-state index in [1.54, 1.807) is 0 Å². The molecule has 2 nitrogen and oxygen atoms in total. The van der Waals surface area contributed by atoms with E-state index in [0.29, 0.717) is 5.41 Å². The highest BCUT2D eigenvalue weighted by Crippen LogP contribution is 2.44. The lowest BCUT2D eigenvalue weighted by molar-refractivity contribution is -0.127. The standard InChI is InChI=1S/C12H13BrClNO/c1-8-2-9(14)3-10(13)11(8)15-4-12(5-15)6-16-7-12/h2-3H,4-7H2,1H3. The number of halogens is 2. The molecular formula is C12H13BrClNO. The molecule has 2 heterocycles. The Hall–Kier alpha value is -0.250. The highest BCUT2D eigenvalue weighted by atomic mass is 79.9. The van der Waals surface area contributed by atoms with Crippen LogP contribution in [0.5, 0.6) is 0 Å². The van der Waals surface area contributed by atoms with Gasteiger partial charge in [0, 0.05) is 22.6 Å². The highest BCUT2D eigenvalue weighted by Gasteiger charge is 2.49. The zero-order valence-corrected chi connectivity index (χ0v) is 11.4. The van der Waals surface area contributed by atoms with Gasteiger partial charge in [-0.05, 0) is 40.5 Å². The lowest BCUT2D eigenvalue weighted by Crippen LogP contribution is -2.66. The Labute approximate surface area is 109 Å². The summed E-state index contributed by atoms with van der Waals surface area (Å²) in [4.78, 5) is 2.40. The van der Waals surface area contributed by atoms with Crippen LogP contribution in [-0.2, 0) is 4.74 Å². The minimum Gasteiger partial charge on any atom is -0.380 e. The normalized spacial score (nSPS) is 21.8. The molecule has 4 heteroatoms. The molecule has 1 aromatic rings. The van der Waals surface area contributed by atoms with Gasteiger partial charge in [-0.2, -0.15) is 0 Å². The van der Waals surface area contributed by atoms with Gasteiger partial charge >= 0.3 is 0 Å². The summed E-state index contributed by atoms with van der Waals surface area (Å²) < 4.78 is 6.37. The van der Waals surface area contributed by atoms with Crippen LogP contribution in [0.1, 0.15) is 5.56 Å². The number of hydrogen-bond donors (Lipinski definition) is 0. The second kappa shape index (κ2) is 3.62. The first-order valence-corrected chi connectivity index (χ1v) is 6.55. The molecule has 0 amide bonds. The molecule has 0 atom stereocenters. The van der Waals surface area contributed by atoms with Gasteiger partial charge in [0.2, 0.25) is 0 Å². The number of benzene rings is 1. The summed E-state index contributed by atoms with van der Waals surface area (Å²) >= 11 is 9.61. The predicted octanol–water partition coefficient (Wildman–Crippen LogP) is 3.25. The van der Waals surface area contributed by atoms with Crippen LogP contribution < -0.4 is 4.90 Å². The summed E-state index contributed by atoms with van der Waals surface area (Å²) in [7, 11) is 0. The summed E-state index contributed by atoms with van der Waals surface area (Å²) in [5.74, 6) is 0. The third kappa shape index (κ3) is 1.57. The first-order valence-electron chi connectivity index (χ1n) is 5.38. The average molecular weight is 303 g/mol. The Morgan fingerprint density at radius 3 is 2.56 bits per heavy atom. The van der Waals surface area contributed by atoms with Crippen LogP contribution in [0.4, 0.5) is 5.69 Å². The number of aryl methyl sites for hydroxylation is 1. The van der Waals surface area contributed by atoms with E-state index in [4.69, 9.17) is 16.3 Å². The summed E-state index contributed by atoms with van der Waals surface area (Å²) in [6, 6.07) is 3.98. The summed E-state index contributed by atoms with van der Waals surface area (Å²) in [5, 5.41) is 0.787. The zero-order chi connectivity index (χ0) is 11.3. The number of rotatable bonds is 1. The molecule has 0 aromatic heterocycles. The molecule has 2 fully saturated rings. The molecule has 0 N–H and O–H groups in total. The molecule has 2 aliphatic rings. The molecule has 3 rings (SSSR count). The van der Waals surface area contributed by atoms with E-state index in [0.717, 1.165) is 35.8 Å². The fraction of sp³-hybridized carbons (Fsp3) is 0.500. The van der Waals surface area contributed by atoms with Crippen molar-refractivity contribution >= 4 is 33.2 Å². The Kier molecular flexibility index (Phi) is 2.46. The topological polar surface area (TPSA) is 12.5 Å². The largest absolute Gasteiger partial charge is 0.380 e. The fourth-order valence-electron chi connectivity index (χ4n) is 2.59. The number of nitrogens with zero attached hydrogens (tertiary/aromatic N) is 1. The SMILES string of the molecule is Cc1cc(Cl)cc(Br)c1N1CC2(COC2)C1. The summed E-state index contributed by atoms with van der Waals surface area (Å²) in [5.41, 5.74) is 2.96. The second-order valence-electron chi connectivity index (χ2n) is 4.90. The van der Waals surface area contributed by atoms with E-state index < -0.39 is 0 Å². The fourth-order valence-corrected chi connectivity index (χ4v) is 3.80. The molecule has 0 radical (unpaired) electrons. The molecule has 2 aliphatic heterocycles. The maximum Gasteiger partial charge on any atom is 0.0579 e. The van der Waals surface area contributed by atoms with Crippen molar-refractivity contribution in [1.29, 1.82) is 0 Å². The molecule has 0 unspecified atom stereocenters. The molecule has 16 heavy (non-hydrogen) atoms. The van der Waals surface area contributed by atoms with Gasteiger partial charge in [0.05, 0.1) is 24.3 Å². The Morgan fingerprint density at radius 1 is 1.38 bits per heavy atom. The van der Waals surface area contributed by atoms with Gasteiger partial charge in [-0.15, -0.1) is 0 Å². The van der Waals surface area contributed by atoms with Crippen molar-refractivity contribution in [2.75, 3.05) is 31.2 Å². The molecule has 0 bridgehead atoms. The van der Waals surface area contributed by atoms with Gasteiger partial charge in [-0.3, -0.25) is 0 Å². The van der Waals surface area contributed by atoms with E-state index in [1.807, 2.05) is 12.1 Å². The molecule has 0 saturated carbocycles. The van der Waals surface area contributed by atoms with Crippen molar-refractivity contribution in [3.05, 3.63) is 27.2 Å². The third-order valence-corrected chi connectivity index (χ3v) is 4.23. The van der Waals surface area contributed by atoms with E-state index in [-0.39, 0.29) is 0 Å². The summed E-state index contributed by atoms with van der Waals surface area (Å²) in [6.45, 7) is 6.16. The quantitative estimate of drug-likeness (QED) is 0.789. The monoisotopic (exact) mass is 301 g/mol. The van der Waals surface area contributed by atoms with Gasteiger partial charge in [0.1, 0.15) is 0 Å². The van der Waals surface area contributed by atoms with Crippen molar-refractivity contribution in [3.63, 3.8) is 0 Å². The summed E-state index contributed by atoms with van der Waals surface area (Å²) in [6.07, 6.45) is 0. The molecule has 2 saturated heterocycles. The van der Waals surface area contributed by atoms with Crippen molar-refractivity contribution in [2.45, 2.75) is 6.92 Å². The number of ether oxygens (including phenoxy) is 1. The first-order chi connectivity index (χ1) is 7.60. The second-order valence-corrected chi connectivity index (χ2v) is 6.19. The van der Waals surface area contributed by atoms with Crippen LogP contribution in [0, 0.1) is 12.3 Å². The van der Waals surface area contributed by atoms with Crippen molar-refractivity contribution < 1.29 is 4.74 Å². The van der Waals surface area contributed by atoms with E-state index in [2.05, 4.69) is 27.8 Å². The molecule has 0 aliphatic carbocycles. The lowest BCUT2D eigenvalue weighted by atomic mass is 9.77. The number of hydrogen-bond acceptors (Lipinski definition) is 2. The maximum atomic E-state index is 6.01. The van der Waals surface area contributed by atoms with E-state index in [1.165, 1.54) is 11.3 Å². The average Bonchev–Trinajstić information content (AvgIpc) is 2.03. The zero-order valence-electron chi connectivity index (χ0n) is 9.09. The smallest absolute Gasteiger partial charge is 0.0579 e. The predicted molar refractivity (Wildman–Crippen MR) is 69.4 cm³/mol. The molecular weight excluding hydrogens is 289 g/mol. The minimum atomic E-state index is 0.450. The lowest BCUT2D eigenvalue weighted by Gasteiger charge is -2.56. The van der Waals surface area contributed by atoms with Crippen LogP contribution in [0.2, 0.25) is 5.02 Å². The van der Waals surface area contributed by atoms with Crippen molar-refractivity contribution in [3.8, 4) is 0 Å². The Balaban J connectivity index is 1.85. The van der Waals surface area contributed by atoms with Crippen LogP contribution in [0.3, 0.4) is 0 Å². The van der Waals surface area contributed by atoms with Gasteiger partial charge < -0.3 is 9.64 Å². The molecule has 1 spiro atoms. The van der Waals surface area contributed by atoms with Crippen LogP contribution >= 0.6 is 27.5 Å². The van der Waals surface area contributed by atoms with Gasteiger partial charge in [-0.1, -0.05) is 11.6 Å². The van der Waals surface area contributed by atoms with Crippen molar-refractivity contribution in [1.82, 2.24) is 0 Å². The van der Waals surface area contributed by atoms with Gasteiger partial charge in [-0.25, -0.2) is 0 Å². The Morgan fingerprint density at radius 2 is 2.06 bits per heavy atom. The minimum absolute atomic E-state index is 0.450. The maximum absolute atomic E-state index is 6.01.